The van der Waals surface area contributed by atoms with Crippen LogP contribution < -0.4 is 5.32 Å². The van der Waals surface area contributed by atoms with Crippen molar-refractivity contribution in [2.45, 2.75) is 58.5 Å². The van der Waals surface area contributed by atoms with E-state index in [0.717, 1.165) is 17.1 Å². The summed E-state index contributed by atoms with van der Waals surface area (Å²) in [7, 11) is 0. The van der Waals surface area contributed by atoms with Crippen molar-refractivity contribution in [1.29, 1.82) is 0 Å². The van der Waals surface area contributed by atoms with Crippen LogP contribution in [0.2, 0.25) is 0 Å². The van der Waals surface area contributed by atoms with Crippen molar-refractivity contribution in [3.63, 3.8) is 0 Å². The fourth-order valence-corrected chi connectivity index (χ4v) is 3.35. The number of carbonyl (C=O) groups is 2. The molecule has 1 fully saturated rings. The highest BCUT2D eigenvalue weighted by Crippen LogP contribution is 2.25. The van der Waals surface area contributed by atoms with Crippen LogP contribution in [0.5, 0.6) is 0 Å². The van der Waals surface area contributed by atoms with Gasteiger partial charge in [0.1, 0.15) is 11.0 Å². The van der Waals surface area contributed by atoms with Crippen LogP contribution in [-0.4, -0.2) is 34.3 Å². The fraction of sp³-hybridized carbons (Fsp3) is 0.667. The van der Waals surface area contributed by atoms with Gasteiger partial charge in [-0.1, -0.05) is 34.1 Å². The Kier molecular flexibility index (Phi) is 4.66. The van der Waals surface area contributed by atoms with Crippen molar-refractivity contribution in [1.82, 2.24) is 15.2 Å². The SMILES string of the molecule is CCCC1C(=O)NCC(=O)N1Cc1nc(C(C)(C)C)cs1. The Hall–Kier alpha value is -1.43. The molecule has 0 bridgehead atoms. The van der Waals surface area contributed by atoms with Gasteiger partial charge < -0.3 is 10.2 Å². The van der Waals surface area contributed by atoms with Crippen molar-refractivity contribution < 1.29 is 9.59 Å². The quantitative estimate of drug-likeness (QED) is 0.926. The van der Waals surface area contributed by atoms with E-state index in [1.54, 1.807) is 16.2 Å². The number of aromatic nitrogens is 1. The van der Waals surface area contributed by atoms with E-state index in [4.69, 9.17) is 0 Å². The van der Waals surface area contributed by atoms with E-state index in [9.17, 15) is 9.59 Å². The summed E-state index contributed by atoms with van der Waals surface area (Å²) in [5.41, 5.74) is 1.03. The van der Waals surface area contributed by atoms with Gasteiger partial charge >= 0.3 is 0 Å². The van der Waals surface area contributed by atoms with Crippen molar-refractivity contribution in [3.8, 4) is 0 Å². The van der Waals surface area contributed by atoms with Crippen LogP contribution in [0.25, 0.3) is 0 Å². The summed E-state index contributed by atoms with van der Waals surface area (Å²) in [6.45, 7) is 8.89. The topological polar surface area (TPSA) is 62.3 Å². The first kappa shape index (κ1) is 15.9. The number of thiazole rings is 1. The maximum atomic E-state index is 12.1. The highest BCUT2D eigenvalue weighted by molar-refractivity contribution is 7.09. The summed E-state index contributed by atoms with van der Waals surface area (Å²) in [6, 6.07) is -0.363. The Bertz CT molecular complexity index is 533. The number of hydrogen-bond donors (Lipinski definition) is 1. The minimum absolute atomic E-state index is 0.000845. The molecule has 0 spiro atoms. The van der Waals surface area contributed by atoms with Crippen LogP contribution >= 0.6 is 11.3 Å². The van der Waals surface area contributed by atoms with Gasteiger partial charge in [-0.2, -0.15) is 0 Å². The molecule has 1 atom stereocenters. The lowest BCUT2D eigenvalue weighted by Crippen LogP contribution is -2.57. The van der Waals surface area contributed by atoms with E-state index >= 15 is 0 Å². The number of piperazine rings is 1. The van der Waals surface area contributed by atoms with Gasteiger partial charge in [0.2, 0.25) is 11.8 Å². The molecule has 6 heteroatoms. The lowest BCUT2D eigenvalue weighted by molar-refractivity contribution is -0.146. The van der Waals surface area contributed by atoms with Gasteiger partial charge in [-0.3, -0.25) is 9.59 Å². The largest absolute Gasteiger partial charge is 0.345 e. The second kappa shape index (κ2) is 6.13. The second-order valence-electron chi connectivity index (χ2n) is 6.42. The molecule has 1 N–H and O–H groups in total. The zero-order valence-corrected chi connectivity index (χ0v) is 13.9. The normalized spacial score (nSPS) is 19.8. The molecule has 0 aliphatic carbocycles. The first-order chi connectivity index (χ1) is 9.82. The van der Waals surface area contributed by atoms with Crippen LogP contribution in [0.3, 0.4) is 0 Å². The predicted octanol–water partition coefficient (Wildman–Crippen LogP) is 2.07. The first-order valence-electron chi connectivity index (χ1n) is 7.35. The summed E-state index contributed by atoms with van der Waals surface area (Å²) in [5.74, 6) is -0.0791. The monoisotopic (exact) mass is 309 g/mol. The number of nitrogens with one attached hydrogen (secondary N) is 1. The fourth-order valence-electron chi connectivity index (χ4n) is 2.33. The van der Waals surface area contributed by atoms with E-state index in [0.29, 0.717) is 13.0 Å². The average molecular weight is 309 g/mol. The van der Waals surface area contributed by atoms with Gasteiger partial charge in [-0.25, -0.2) is 4.98 Å². The molecule has 0 aromatic carbocycles. The highest BCUT2D eigenvalue weighted by Gasteiger charge is 2.34. The molecule has 5 nitrogen and oxygen atoms in total. The predicted molar refractivity (Wildman–Crippen MR) is 83.1 cm³/mol. The second-order valence-corrected chi connectivity index (χ2v) is 7.36. The van der Waals surface area contributed by atoms with Gasteiger partial charge in [0.25, 0.3) is 0 Å². The van der Waals surface area contributed by atoms with Crippen LogP contribution in [0, 0.1) is 0 Å². The highest BCUT2D eigenvalue weighted by atomic mass is 32.1. The molecular formula is C15H23N3O2S. The minimum Gasteiger partial charge on any atom is -0.345 e. The molecule has 21 heavy (non-hydrogen) atoms. The molecule has 1 aliphatic rings. The molecule has 1 aliphatic heterocycles. The Morgan fingerprint density at radius 1 is 1.43 bits per heavy atom. The van der Waals surface area contributed by atoms with E-state index in [2.05, 4.69) is 31.1 Å². The third-order valence-corrected chi connectivity index (χ3v) is 4.43. The number of carbonyl (C=O) groups excluding carboxylic acids is 2. The average Bonchev–Trinajstić information content (AvgIpc) is 2.86. The summed E-state index contributed by atoms with van der Waals surface area (Å²) >= 11 is 1.56. The van der Waals surface area contributed by atoms with Gasteiger partial charge in [0.05, 0.1) is 18.8 Å². The molecular weight excluding hydrogens is 286 g/mol. The van der Waals surface area contributed by atoms with E-state index in [-0.39, 0.29) is 29.8 Å². The Morgan fingerprint density at radius 3 is 2.71 bits per heavy atom. The number of amides is 2. The molecule has 116 valence electrons. The lowest BCUT2D eigenvalue weighted by atomic mass is 9.93. The Morgan fingerprint density at radius 2 is 2.14 bits per heavy atom. The Labute approximate surface area is 129 Å². The molecule has 1 aromatic heterocycles. The zero-order valence-electron chi connectivity index (χ0n) is 13.1. The van der Waals surface area contributed by atoms with Crippen LogP contribution in [0.1, 0.15) is 51.2 Å². The van der Waals surface area contributed by atoms with E-state index < -0.39 is 0 Å². The summed E-state index contributed by atoms with van der Waals surface area (Å²) in [4.78, 5) is 30.4. The van der Waals surface area contributed by atoms with Crippen molar-refractivity contribution in [2.75, 3.05) is 6.54 Å². The third-order valence-electron chi connectivity index (χ3n) is 3.60. The van der Waals surface area contributed by atoms with E-state index in [1.807, 2.05) is 12.3 Å². The van der Waals surface area contributed by atoms with Crippen molar-refractivity contribution in [2.24, 2.45) is 0 Å². The van der Waals surface area contributed by atoms with Gasteiger partial charge in [-0.15, -0.1) is 11.3 Å². The van der Waals surface area contributed by atoms with E-state index in [1.165, 1.54) is 0 Å². The molecule has 2 rings (SSSR count). The summed E-state index contributed by atoms with van der Waals surface area (Å²) in [5, 5.41) is 5.60. The smallest absolute Gasteiger partial charge is 0.243 e. The van der Waals surface area contributed by atoms with Gasteiger partial charge in [0.15, 0.2) is 0 Å². The van der Waals surface area contributed by atoms with Crippen molar-refractivity contribution in [3.05, 3.63) is 16.1 Å². The molecule has 2 heterocycles. The first-order valence-corrected chi connectivity index (χ1v) is 8.23. The van der Waals surface area contributed by atoms with Crippen LogP contribution in [-0.2, 0) is 21.5 Å². The molecule has 2 amide bonds. The van der Waals surface area contributed by atoms with Crippen LogP contribution in [0.4, 0.5) is 0 Å². The van der Waals surface area contributed by atoms with Gasteiger partial charge in [-0.05, 0) is 6.42 Å². The zero-order chi connectivity index (χ0) is 15.6. The maximum absolute atomic E-state index is 12.1. The summed E-state index contributed by atoms with van der Waals surface area (Å²) in [6.07, 6.45) is 1.56. The van der Waals surface area contributed by atoms with Crippen molar-refractivity contribution >= 4 is 23.2 Å². The standard InChI is InChI=1S/C15H23N3O2S/c1-5-6-10-14(20)16-7-13(19)18(10)8-12-17-11(9-21-12)15(2,3)4/h9-10H,5-8H2,1-4H3,(H,16,20). The molecule has 1 unspecified atom stereocenters. The summed E-state index contributed by atoms with van der Waals surface area (Å²) < 4.78 is 0. The molecule has 0 saturated carbocycles. The molecule has 1 saturated heterocycles. The minimum atomic E-state index is -0.363. The number of rotatable bonds is 4. The number of hydrogen-bond acceptors (Lipinski definition) is 4. The maximum Gasteiger partial charge on any atom is 0.243 e. The Balaban J connectivity index is 2.16. The molecule has 1 aromatic rings. The number of nitrogens with zero attached hydrogens (tertiary/aromatic N) is 2. The third kappa shape index (κ3) is 3.61. The molecule has 0 radical (unpaired) electrons. The van der Waals surface area contributed by atoms with Gasteiger partial charge in [0, 0.05) is 10.8 Å². The van der Waals surface area contributed by atoms with Crippen LogP contribution in [0.15, 0.2) is 5.38 Å². The lowest BCUT2D eigenvalue weighted by Gasteiger charge is -2.34.